The first-order valence-electron chi connectivity index (χ1n) is 7.10. The zero-order valence-electron chi connectivity index (χ0n) is 12.0. The summed E-state index contributed by atoms with van der Waals surface area (Å²) >= 11 is 1.58. The van der Waals surface area contributed by atoms with Gasteiger partial charge in [-0.25, -0.2) is 0 Å². The summed E-state index contributed by atoms with van der Waals surface area (Å²) in [7, 11) is 0. The number of carbonyl (C=O) groups is 1. The summed E-state index contributed by atoms with van der Waals surface area (Å²) < 4.78 is 1.12. The van der Waals surface area contributed by atoms with Crippen molar-refractivity contribution < 1.29 is 4.79 Å². The minimum Gasteiger partial charge on any atom is -0.387 e. The van der Waals surface area contributed by atoms with E-state index in [0.717, 1.165) is 27.6 Å². The third-order valence-corrected chi connectivity index (χ3v) is 4.72. The Hall–Kier alpha value is -2.40. The molecule has 3 rings (SSSR count). The molecule has 1 heterocycles. The second-order valence-corrected chi connectivity index (χ2v) is 6.18. The number of allylic oxidation sites excluding steroid dienone is 1. The Labute approximate surface area is 132 Å². The average Bonchev–Trinajstić information content (AvgIpc) is 2.97. The molecular weight excluding hydrogens is 294 g/mol. The molecule has 1 aromatic carbocycles. The molecule has 0 saturated heterocycles. The number of fused-ring (bicyclic) bond motifs is 1. The van der Waals surface area contributed by atoms with Crippen molar-refractivity contribution in [2.45, 2.75) is 6.42 Å². The first-order chi connectivity index (χ1) is 10.6. The summed E-state index contributed by atoms with van der Waals surface area (Å²) in [6, 6.07) is 7.91. The van der Waals surface area contributed by atoms with Crippen molar-refractivity contribution >= 4 is 33.2 Å². The fourth-order valence-electron chi connectivity index (χ4n) is 2.46. The minimum atomic E-state index is -0.0551. The summed E-state index contributed by atoms with van der Waals surface area (Å²) in [5, 5.41) is 13.3. The smallest absolute Gasteiger partial charge is 0.253 e. The number of carbonyl (C=O) groups excluding carboxylic acids is 1. The molecule has 0 saturated carbocycles. The lowest BCUT2D eigenvalue weighted by atomic mass is 9.96. The molecule has 112 valence electrons. The second-order valence-electron chi connectivity index (χ2n) is 5.26. The molecule has 1 amide bonds. The number of thiophene rings is 1. The molecule has 1 unspecified atom stereocenters. The van der Waals surface area contributed by atoms with Crippen LogP contribution in [0.4, 0.5) is 0 Å². The Morgan fingerprint density at radius 1 is 1.41 bits per heavy atom. The van der Waals surface area contributed by atoms with Gasteiger partial charge in [-0.3, -0.25) is 10.2 Å². The van der Waals surface area contributed by atoms with Gasteiger partial charge in [0.2, 0.25) is 0 Å². The molecule has 4 N–H and O–H groups in total. The number of amides is 1. The van der Waals surface area contributed by atoms with Gasteiger partial charge in [-0.1, -0.05) is 36.4 Å². The first-order valence-corrected chi connectivity index (χ1v) is 7.98. The van der Waals surface area contributed by atoms with Crippen molar-refractivity contribution in [2.24, 2.45) is 11.7 Å². The van der Waals surface area contributed by atoms with Gasteiger partial charge >= 0.3 is 0 Å². The highest BCUT2D eigenvalue weighted by molar-refractivity contribution is 7.17. The maximum absolute atomic E-state index is 12.3. The Kier molecular flexibility index (Phi) is 4.06. The van der Waals surface area contributed by atoms with Gasteiger partial charge in [0.25, 0.3) is 5.91 Å². The second kappa shape index (κ2) is 6.15. The molecule has 22 heavy (non-hydrogen) atoms. The van der Waals surface area contributed by atoms with Crippen LogP contribution in [0.15, 0.2) is 53.4 Å². The summed E-state index contributed by atoms with van der Waals surface area (Å²) in [6.45, 7) is 0.490. The van der Waals surface area contributed by atoms with Gasteiger partial charge in [-0.15, -0.1) is 11.3 Å². The molecule has 0 spiro atoms. The quantitative estimate of drug-likeness (QED) is 0.599. The number of nitrogens with one attached hydrogen (secondary N) is 2. The molecule has 5 heteroatoms. The standard InChI is InChI=1S/C17H17N3OS/c18-16(19)12-7-5-11(6-8-12)9-20-17(21)14-10-22-15-4-2-1-3-13(14)15/h1-7,10,12H,8-9H2,(H3,18,19)(H,20,21). The van der Waals surface area contributed by atoms with Gasteiger partial charge in [0.05, 0.1) is 11.4 Å². The Balaban J connectivity index is 1.64. The van der Waals surface area contributed by atoms with Gasteiger partial charge in [0.15, 0.2) is 0 Å². The van der Waals surface area contributed by atoms with Crippen LogP contribution in [-0.4, -0.2) is 18.3 Å². The van der Waals surface area contributed by atoms with Gasteiger partial charge < -0.3 is 11.1 Å². The topological polar surface area (TPSA) is 79.0 Å². The van der Waals surface area contributed by atoms with E-state index in [0.29, 0.717) is 6.54 Å². The zero-order chi connectivity index (χ0) is 15.5. The highest BCUT2D eigenvalue weighted by Crippen LogP contribution is 2.25. The van der Waals surface area contributed by atoms with Crippen LogP contribution in [0.1, 0.15) is 16.8 Å². The fraction of sp³-hybridized carbons (Fsp3) is 0.176. The molecule has 0 fully saturated rings. The summed E-state index contributed by atoms with van der Waals surface area (Å²) in [5.74, 6) is 0.112. The fourth-order valence-corrected chi connectivity index (χ4v) is 3.40. The van der Waals surface area contributed by atoms with Gasteiger partial charge in [-0.2, -0.15) is 0 Å². The summed E-state index contributed by atoms with van der Waals surface area (Å²) in [6.07, 6.45) is 6.60. The zero-order valence-corrected chi connectivity index (χ0v) is 12.8. The molecule has 1 aliphatic rings. The van der Waals surface area contributed by atoms with E-state index in [4.69, 9.17) is 11.1 Å². The predicted molar refractivity (Wildman–Crippen MR) is 91.4 cm³/mol. The van der Waals surface area contributed by atoms with Crippen molar-refractivity contribution in [2.75, 3.05) is 6.54 Å². The van der Waals surface area contributed by atoms with Crippen LogP contribution < -0.4 is 11.1 Å². The molecule has 2 aromatic rings. The number of hydrogen-bond donors (Lipinski definition) is 3. The van der Waals surface area contributed by atoms with Crippen molar-refractivity contribution in [1.29, 1.82) is 5.41 Å². The third-order valence-electron chi connectivity index (χ3n) is 3.75. The minimum absolute atomic E-state index is 0.0136. The maximum Gasteiger partial charge on any atom is 0.253 e. The van der Waals surface area contributed by atoms with Crippen molar-refractivity contribution in [1.82, 2.24) is 5.32 Å². The van der Waals surface area contributed by atoms with E-state index >= 15 is 0 Å². The Bertz CT molecular complexity index is 788. The monoisotopic (exact) mass is 311 g/mol. The lowest BCUT2D eigenvalue weighted by Crippen LogP contribution is -2.26. The van der Waals surface area contributed by atoms with E-state index in [1.54, 1.807) is 11.3 Å². The van der Waals surface area contributed by atoms with Crippen molar-refractivity contribution in [3.63, 3.8) is 0 Å². The number of amidine groups is 1. The van der Waals surface area contributed by atoms with E-state index in [1.165, 1.54) is 0 Å². The Morgan fingerprint density at radius 2 is 2.23 bits per heavy atom. The number of nitrogens with two attached hydrogens (primary N) is 1. The van der Waals surface area contributed by atoms with Gasteiger partial charge in [0.1, 0.15) is 0 Å². The largest absolute Gasteiger partial charge is 0.387 e. The van der Waals surface area contributed by atoms with E-state index in [9.17, 15) is 4.79 Å². The summed E-state index contributed by atoms with van der Waals surface area (Å²) in [5.41, 5.74) is 7.26. The van der Waals surface area contributed by atoms with Crippen LogP contribution >= 0.6 is 11.3 Å². The van der Waals surface area contributed by atoms with E-state index < -0.39 is 0 Å². The third kappa shape index (κ3) is 2.94. The number of hydrogen-bond acceptors (Lipinski definition) is 3. The molecule has 0 bridgehead atoms. The molecule has 1 atom stereocenters. The van der Waals surface area contributed by atoms with Crippen molar-refractivity contribution in [3.8, 4) is 0 Å². The van der Waals surface area contributed by atoms with Crippen LogP contribution in [0, 0.1) is 11.3 Å². The van der Waals surface area contributed by atoms with Crippen LogP contribution in [0.5, 0.6) is 0 Å². The molecule has 0 aliphatic heterocycles. The molecule has 4 nitrogen and oxygen atoms in total. The van der Waals surface area contributed by atoms with Crippen LogP contribution in [0.3, 0.4) is 0 Å². The van der Waals surface area contributed by atoms with E-state index in [2.05, 4.69) is 5.32 Å². The molecule has 1 aromatic heterocycles. The molecular formula is C17H17N3OS. The first kappa shape index (κ1) is 14.5. The Morgan fingerprint density at radius 3 is 2.95 bits per heavy atom. The van der Waals surface area contributed by atoms with E-state index in [1.807, 2.05) is 47.9 Å². The predicted octanol–water partition coefficient (Wildman–Crippen LogP) is 3.07. The SMILES string of the molecule is N=C(N)C1C=CC(CNC(=O)c2csc3ccccc23)=CC1. The van der Waals surface area contributed by atoms with Crippen LogP contribution in [0.25, 0.3) is 10.1 Å². The normalized spacial score (nSPS) is 17.3. The van der Waals surface area contributed by atoms with Gasteiger partial charge in [0, 0.05) is 27.9 Å². The van der Waals surface area contributed by atoms with E-state index in [-0.39, 0.29) is 17.7 Å². The van der Waals surface area contributed by atoms with Crippen LogP contribution in [-0.2, 0) is 0 Å². The molecule has 0 radical (unpaired) electrons. The number of rotatable bonds is 4. The highest BCUT2D eigenvalue weighted by Gasteiger charge is 2.14. The average molecular weight is 311 g/mol. The summed E-state index contributed by atoms with van der Waals surface area (Å²) in [4.78, 5) is 12.3. The maximum atomic E-state index is 12.3. The lowest BCUT2D eigenvalue weighted by molar-refractivity contribution is 0.0959. The van der Waals surface area contributed by atoms with Gasteiger partial charge in [-0.05, 0) is 18.1 Å². The number of benzene rings is 1. The van der Waals surface area contributed by atoms with Crippen molar-refractivity contribution in [3.05, 3.63) is 59.0 Å². The molecule has 1 aliphatic carbocycles. The highest BCUT2D eigenvalue weighted by atomic mass is 32.1. The van der Waals surface area contributed by atoms with Crippen LogP contribution in [0.2, 0.25) is 0 Å². The lowest BCUT2D eigenvalue weighted by Gasteiger charge is -2.15.